The number of thioether (sulfide) groups is 1. The number of imidazole rings is 1. The minimum Gasteiger partial charge on any atom is -0.490 e. The molecule has 4 rings (SSSR count). The lowest BCUT2D eigenvalue weighted by atomic mass is 10.2. The zero-order valence-corrected chi connectivity index (χ0v) is 19.2. The van der Waals surface area contributed by atoms with Crippen LogP contribution >= 0.6 is 11.8 Å². The van der Waals surface area contributed by atoms with Gasteiger partial charge in [0.05, 0.1) is 34.9 Å². The number of benzene rings is 2. The molecule has 0 aliphatic carbocycles. The van der Waals surface area contributed by atoms with Crippen molar-refractivity contribution >= 4 is 44.4 Å². The van der Waals surface area contributed by atoms with Gasteiger partial charge in [-0.1, -0.05) is 18.7 Å². The van der Waals surface area contributed by atoms with E-state index in [-0.39, 0.29) is 16.6 Å². The molecule has 0 bridgehead atoms. The van der Waals surface area contributed by atoms with E-state index < -0.39 is 10.0 Å². The molecule has 2 aromatic carbocycles. The maximum absolute atomic E-state index is 12.6. The summed E-state index contributed by atoms with van der Waals surface area (Å²) in [6.07, 6.45) is 1.67. The highest BCUT2D eigenvalue weighted by atomic mass is 32.2. The second kappa shape index (κ2) is 9.39. The highest BCUT2D eigenvalue weighted by Gasteiger charge is 2.17. The fraction of sp³-hybridized carbons (Fsp3) is 0.333. The Morgan fingerprint density at radius 3 is 2.72 bits per heavy atom. The summed E-state index contributed by atoms with van der Waals surface area (Å²) in [5.41, 5.74) is 1.94. The van der Waals surface area contributed by atoms with Crippen molar-refractivity contribution in [2.45, 2.75) is 36.4 Å². The van der Waals surface area contributed by atoms with Crippen LogP contribution in [0.2, 0.25) is 0 Å². The van der Waals surface area contributed by atoms with Crippen molar-refractivity contribution in [3.63, 3.8) is 0 Å². The minimum absolute atomic E-state index is 0.00912. The fourth-order valence-electron chi connectivity index (χ4n) is 3.38. The Kier molecular flexibility index (Phi) is 6.58. The van der Waals surface area contributed by atoms with Gasteiger partial charge in [-0.05, 0) is 36.8 Å². The van der Waals surface area contributed by atoms with Gasteiger partial charge in [-0.25, -0.2) is 18.5 Å². The third kappa shape index (κ3) is 5.00. The summed E-state index contributed by atoms with van der Waals surface area (Å²) in [5, 5.41) is 8.75. The number of sulfonamides is 1. The lowest BCUT2D eigenvalue weighted by Crippen LogP contribution is -2.14. The molecule has 32 heavy (non-hydrogen) atoms. The first-order valence-corrected chi connectivity index (χ1v) is 12.7. The van der Waals surface area contributed by atoms with E-state index in [1.165, 1.54) is 23.9 Å². The van der Waals surface area contributed by atoms with Gasteiger partial charge in [0.25, 0.3) is 0 Å². The average molecular weight is 477 g/mol. The number of primary sulfonamides is 1. The molecule has 170 valence electrons. The molecule has 0 radical (unpaired) electrons. The molecule has 0 unspecified atom stereocenters. The Morgan fingerprint density at radius 2 is 1.97 bits per heavy atom. The van der Waals surface area contributed by atoms with Crippen LogP contribution in [0.4, 0.5) is 5.69 Å². The van der Waals surface area contributed by atoms with E-state index in [9.17, 15) is 13.2 Å². The van der Waals surface area contributed by atoms with Crippen LogP contribution in [0.3, 0.4) is 0 Å². The summed E-state index contributed by atoms with van der Waals surface area (Å²) >= 11 is 1.29. The van der Waals surface area contributed by atoms with Gasteiger partial charge in [0.2, 0.25) is 15.9 Å². The zero-order valence-electron chi connectivity index (χ0n) is 17.5. The number of aromatic nitrogens is 2. The van der Waals surface area contributed by atoms with E-state index in [4.69, 9.17) is 14.6 Å². The standard InChI is InChI=1S/C21H24N4O5S2/c1-2-8-25-17-6-5-15(32(22,27)28)12-16(17)24-21(25)31-13-20(26)23-14-4-7-18-19(11-14)30-10-3-9-29-18/h4-7,11-12H,2-3,8-10,13H2,1H3,(H,23,26)(H2,22,27,28). The van der Waals surface area contributed by atoms with Crippen LogP contribution in [0, 0.1) is 0 Å². The molecular weight excluding hydrogens is 452 g/mol. The van der Waals surface area contributed by atoms with Gasteiger partial charge in [-0.3, -0.25) is 4.79 Å². The van der Waals surface area contributed by atoms with Crippen molar-refractivity contribution in [1.29, 1.82) is 0 Å². The van der Waals surface area contributed by atoms with Crippen molar-refractivity contribution in [2.24, 2.45) is 5.14 Å². The molecular formula is C21H24N4O5S2. The highest BCUT2D eigenvalue weighted by Crippen LogP contribution is 2.32. The number of fused-ring (bicyclic) bond motifs is 2. The number of aryl methyl sites for hydroxylation is 1. The number of anilines is 1. The molecule has 0 spiro atoms. The Bertz CT molecular complexity index is 1260. The number of nitrogens with one attached hydrogen (secondary N) is 1. The molecule has 3 N–H and O–H groups in total. The Morgan fingerprint density at radius 1 is 1.19 bits per heavy atom. The van der Waals surface area contributed by atoms with Gasteiger partial charge in [-0.15, -0.1) is 0 Å². The molecule has 0 saturated heterocycles. The quantitative estimate of drug-likeness (QED) is 0.502. The van der Waals surface area contributed by atoms with Crippen molar-refractivity contribution in [1.82, 2.24) is 9.55 Å². The van der Waals surface area contributed by atoms with Crippen LogP contribution in [0.15, 0.2) is 46.5 Å². The first-order valence-electron chi connectivity index (χ1n) is 10.2. The summed E-state index contributed by atoms with van der Waals surface area (Å²) in [5.74, 6) is 1.24. The lowest BCUT2D eigenvalue weighted by molar-refractivity contribution is -0.113. The number of nitrogens with two attached hydrogens (primary N) is 1. The van der Waals surface area contributed by atoms with Crippen molar-refractivity contribution in [2.75, 3.05) is 24.3 Å². The van der Waals surface area contributed by atoms with Crippen LogP contribution in [-0.2, 0) is 21.4 Å². The van der Waals surface area contributed by atoms with Crippen molar-refractivity contribution in [3.05, 3.63) is 36.4 Å². The summed E-state index contributed by atoms with van der Waals surface area (Å²) in [6, 6.07) is 9.93. The van der Waals surface area contributed by atoms with E-state index in [0.717, 1.165) is 18.4 Å². The molecule has 3 aromatic rings. The van der Waals surface area contributed by atoms with Crippen molar-refractivity contribution < 1.29 is 22.7 Å². The van der Waals surface area contributed by atoms with E-state index in [1.807, 2.05) is 11.5 Å². The molecule has 2 heterocycles. The summed E-state index contributed by atoms with van der Waals surface area (Å²) in [7, 11) is -3.82. The molecule has 9 nitrogen and oxygen atoms in total. The first kappa shape index (κ1) is 22.4. The topological polar surface area (TPSA) is 126 Å². The van der Waals surface area contributed by atoms with Crippen LogP contribution < -0.4 is 19.9 Å². The number of carbonyl (C=O) groups is 1. The monoisotopic (exact) mass is 476 g/mol. The van der Waals surface area contributed by atoms with Gasteiger partial charge < -0.3 is 19.4 Å². The lowest BCUT2D eigenvalue weighted by Gasteiger charge is -2.11. The number of carbonyl (C=O) groups excluding carboxylic acids is 1. The van der Waals surface area contributed by atoms with Gasteiger partial charge in [-0.2, -0.15) is 0 Å². The van der Waals surface area contributed by atoms with E-state index in [1.54, 1.807) is 24.3 Å². The Labute approximate surface area is 190 Å². The second-order valence-electron chi connectivity index (χ2n) is 7.29. The normalized spacial score (nSPS) is 13.7. The SMILES string of the molecule is CCCn1c(SCC(=O)Nc2ccc3c(c2)OCCCO3)nc2cc(S(N)(=O)=O)ccc21. The number of hydrogen-bond acceptors (Lipinski definition) is 7. The third-order valence-corrected chi connectivity index (χ3v) is 6.71. The van der Waals surface area contributed by atoms with Crippen LogP contribution in [0.1, 0.15) is 19.8 Å². The third-order valence-electron chi connectivity index (χ3n) is 4.82. The summed E-state index contributed by atoms with van der Waals surface area (Å²) < 4.78 is 36.6. The van der Waals surface area contributed by atoms with Gasteiger partial charge in [0.15, 0.2) is 16.7 Å². The molecule has 1 amide bonds. The number of rotatable bonds is 7. The summed E-state index contributed by atoms with van der Waals surface area (Å²) in [4.78, 5) is 17.1. The largest absolute Gasteiger partial charge is 0.490 e. The highest BCUT2D eigenvalue weighted by molar-refractivity contribution is 7.99. The molecule has 1 aliphatic heterocycles. The predicted molar refractivity (Wildman–Crippen MR) is 123 cm³/mol. The number of ether oxygens (including phenoxy) is 2. The molecule has 0 saturated carbocycles. The Hall–Kier alpha value is -2.76. The smallest absolute Gasteiger partial charge is 0.238 e. The minimum atomic E-state index is -3.82. The average Bonchev–Trinajstić information content (AvgIpc) is 2.92. The molecule has 11 heteroatoms. The summed E-state index contributed by atoms with van der Waals surface area (Å²) in [6.45, 7) is 3.90. The fourth-order valence-corrected chi connectivity index (χ4v) is 4.76. The number of hydrogen-bond donors (Lipinski definition) is 2. The molecule has 1 aromatic heterocycles. The van der Waals surface area contributed by atoms with Gasteiger partial charge in [0, 0.05) is 24.7 Å². The number of amides is 1. The molecule has 0 fully saturated rings. The van der Waals surface area contributed by atoms with Crippen LogP contribution in [0.5, 0.6) is 11.5 Å². The van der Waals surface area contributed by atoms with E-state index in [2.05, 4.69) is 10.3 Å². The first-order chi connectivity index (χ1) is 15.3. The van der Waals surface area contributed by atoms with Crippen LogP contribution in [0.25, 0.3) is 11.0 Å². The predicted octanol–water partition coefficient (Wildman–Crippen LogP) is 2.99. The molecule has 1 aliphatic rings. The number of nitrogens with zero attached hydrogens (tertiary/aromatic N) is 2. The Balaban J connectivity index is 1.49. The van der Waals surface area contributed by atoms with E-state index in [0.29, 0.717) is 47.6 Å². The van der Waals surface area contributed by atoms with E-state index >= 15 is 0 Å². The van der Waals surface area contributed by atoms with Gasteiger partial charge in [0.1, 0.15) is 0 Å². The zero-order chi connectivity index (χ0) is 22.7. The van der Waals surface area contributed by atoms with Crippen LogP contribution in [-0.4, -0.2) is 42.8 Å². The maximum Gasteiger partial charge on any atom is 0.238 e. The van der Waals surface area contributed by atoms with Gasteiger partial charge >= 0.3 is 0 Å². The van der Waals surface area contributed by atoms with Crippen molar-refractivity contribution in [3.8, 4) is 11.5 Å². The second-order valence-corrected chi connectivity index (χ2v) is 9.79. The molecule has 0 atom stereocenters. The maximum atomic E-state index is 12.6.